The quantitative estimate of drug-likeness (QED) is 0.749. The van der Waals surface area contributed by atoms with Crippen molar-refractivity contribution in [2.45, 2.75) is 25.2 Å². The summed E-state index contributed by atoms with van der Waals surface area (Å²) in [4.78, 5) is 0. The van der Waals surface area contributed by atoms with Crippen molar-refractivity contribution >= 4 is 0 Å². The lowest BCUT2D eigenvalue weighted by Crippen LogP contribution is -2.38. The lowest BCUT2D eigenvalue weighted by Gasteiger charge is -2.27. The molecule has 0 aromatic heterocycles. The van der Waals surface area contributed by atoms with Crippen LogP contribution in [0.2, 0.25) is 0 Å². The lowest BCUT2D eigenvalue weighted by atomic mass is 9.99. The van der Waals surface area contributed by atoms with Crippen LogP contribution < -0.4 is 0 Å². The van der Waals surface area contributed by atoms with Crippen LogP contribution in [0.5, 0.6) is 0 Å². The van der Waals surface area contributed by atoms with E-state index in [2.05, 4.69) is 40.3 Å². The van der Waals surface area contributed by atoms with E-state index in [1.54, 1.807) is 0 Å². The summed E-state index contributed by atoms with van der Waals surface area (Å²) in [6.07, 6.45) is 4.08. The van der Waals surface area contributed by atoms with Crippen molar-refractivity contribution in [3.8, 4) is 0 Å². The normalized spacial score (nSPS) is 27.6. The smallest absolute Gasteiger partial charge is 0.0202 e. The second kappa shape index (κ2) is 4.56. The molecule has 0 amide bonds. The Morgan fingerprint density at radius 1 is 0.875 bits per heavy atom. The molecule has 16 heavy (non-hydrogen) atoms. The van der Waals surface area contributed by atoms with Crippen molar-refractivity contribution < 1.29 is 0 Å². The Balaban J connectivity index is 1.64. The second-order valence-electron chi connectivity index (χ2n) is 4.97. The summed E-state index contributed by atoms with van der Waals surface area (Å²) in [6.45, 7) is 5.03. The highest BCUT2D eigenvalue weighted by atomic mass is 15.6. The summed E-state index contributed by atoms with van der Waals surface area (Å²) in [6, 6.07) is 11.0. The third kappa shape index (κ3) is 2.00. The topological polar surface area (TPSA) is 6.48 Å². The standard InChI is InChI=1S/C14H20N2/c1-2-6-13(7-3-1)14-8-11-16(12-14)15-9-4-5-10-15/h1-3,6-7,14H,4-5,8-12H2/t14-/m0/s1. The van der Waals surface area contributed by atoms with Crippen LogP contribution in [0.1, 0.15) is 30.7 Å². The molecule has 2 saturated heterocycles. The monoisotopic (exact) mass is 216 g/mol. The summed E-state index contributed by atoms with van der Waals surface area (Å²) < 4.78 is 0. The fraction of sp³-hybridized carbons (Fsp3) is 0.571. The van der Waals surface area contributed by atoms with Gasteiger partial charge in [0.1, 0.15) is 0 Å². The Kier molecular flexibility index (Phi) is 2.94. The van der Waals surface area contributed by atoms with E-state index >= 15 is 0 Å². The van der Waals surface area contributed by atoms with Crippen LogP contribution in [0.25, 0.3) is 0 Å². The minimum absolute atomic E-state index is 0.752. The first kappa shape index (κ1) is 10.3. The Morgan fingerprint density at radius 3 is 2.38 bits per heavy atom. The fourth-order valence-corrected chi connectivity index (χ4v) is 2.98. The molecule has 0 aliphatic carbocycles. The molecule has 0 saturated carbocycles. The number of benzene rings is 1. The van der Waals surface area contributed by atoms with Crippen LogP contribution in [-0.4, -0.2) is 36.2 Å². The number of hydrogen-bond donors (Lipinski definition) is 0. The maximum absolute atomic E-state index is 2.57. The van der Waals surface area contributed by atoms with Gasteiger partial charge in [-0.05, 0) is 30.7 Å². The minimum atomic E-state index is 0.752. The Morgan fingerprint density at radius 2 is 1.62 bits per heavy atom. The van der Waals surface area contributed by atoms with Gasteiger partial charge in [0, 0.05) is 26.2 Å². The summed E-state index contributed by atoms with van der Waals surface area (Å²) in [5.74, 6) is 0.752. The number of nitrogens with zero attached hydrogens (tertiary/aromatic N) is 2. The first-order chi connectivity index (χ1) is 7.93. The molecule has 3 rings (SSSR count). The summed E-state index contributed by atoms with van der Waals surface area (Å²) >= 11 is 0. The highest BCUT2D eigenvalue weighted by Crippen LogP contribution is 2.28. The van der Waals surface area contributed by atoms with Gasteiger partial charge in [0.05, 0.1) is 0 Å². The molecule has 2 heterocycles. The number of hydrogen-bond acceptors (Lipinski definition) is 2. The molecule has 2 fully saturated rings. The molecular formula is C14H20N2. The molecule has 0 unspecified atom stereocenters. The third-order valence-corrected chi connectivity index (χ3v) is 3.92. The van der Waals surface area contributed by atoms with Crippen LogP contribution >= 0.6 is 0 Å². The van der Waals surface area contributed by atoms with Crippen molar-refractivity contribution in [1.29, 1.82) is 0 Å². The van der Waals surface area contributed by atoms with Crippen LogP contribution in [0, 0.1) is 0 Å². The Bertz CT molecular complexity index is 330. The molecule has 1 aromatic rings. The van der Waals surface area contributed by atoms with Gasteiger partial charge in [-0.3, -0.25) is 0 Å². The molecule has 0 spiro atoms. The van der Waals surface area contributed by atoms with E-state index < -0.39 is 0 Å². The van der Waals surface area contributed by atoms with E-state index in [9.17, 15) is 0 Å². The van der Waals surface area contributed by atoms with Crippen molar-refractivity contribution in [3.63, 3.8) is 0 Å². The first-order valence-corrected chi connectivity index (χ1v) is 6.48. The van der Waals surface area contributed by atoms with Crippen molar-refractivity contribution in [3.05, 3.63) is 35.9 Å². The zero-order chi connectivity index (χ0) is 10.8. The lowest BCUT2D eigenvalue weighted by molar-refractivity contribution is 0.0205. The van der Waals surface area contributed by atoms with Gasteiger partial charge in [-0.1, -0.05) is 30.3 Å². The maximum atomic E-state index is 2.57. The molecule has 2 heteroatoms. The zero-order valence-corrected chi connectivity index (χ0v) is 9.81. The molecule has 2 aliphatic rings. The van der Waals surface area contributed by atoms with Gasteiger partial charge >= 0.3 is 0 Å². The molecule has 1 atom stereocenters. The van der Waals surface area contributed by atoms with E-state index in [-0.39, 0.29) is 0 Å². The van der Waals surface area contributed by atoms with Crippen molar-refractivity contribution in [2.24, 2.45) is 0 Å². The third-order valence-electron chi connectivity index (χ3n) is 3.92. The molecular weight excluding hydrogens is 196 g/mol. The van der Waals surface area contributed by atoms with Crippen molar-refractivity contribution in [1.82, 2.24) is 10.0 Å². The first-order valence-electron chi connectivity index (χ1n) is 6.48. The maximum Gasteiger partial charge on any atom is 0.0202 e. The molecule has 0 bridgehead atoms. The highest BCUT2D eigenvalue weighted by molar-refractivity contribution is 5.20. The van der Waals surface area contributed by atoms with E-state index in [4.69, 9.17) is 0 Å². The summed E-state index contributed by atoms with van der Waals surface area (Å²) in [5.41, 5.74) is 1.52. The van der Waals surface area contributed by atoms with Crippen LogP contribution in [-0.2, 0) is 0 Å². The Labute approximate surface area is 97.8 Å². The highest BCUT2D eigenvalue weighted by Gasteiger charge is 2.28. The van der Waals surface area contributed by atoms with Crippen molar-refractivity contribution in [2.75, 3.05) is 26.2 Å². The minimum Gasteiger partial charge on any atom is -0.242 e. The van der Waals surface area contributed by atoms with Crippen LogP contribution in [0.4, 0.5) is 0 Å². The zero-order valence-electron chi connectivity index (χ0n) is 9.81. The summed E-state index contributed by atoms with van der Waals surface area (Å²) in [7, 11) is 0. The number of hydrazine groups is 1. The van der Waals surface area contributed by atoms with Gasteiger partial charge in [0.15, 0.2) is 0 Å². The van der Waals surface area contributed by atoms with E-state index in [1.165, 1.54) is 51.0 Å². The molecule has 2 aliphatic heterocycles. The predicted octanol–water partition coefficient (Wildman–Crippen LogP) is 2.49. The number of rotatable bonds is 2. The molecule has 0 N–H and O–H groups in total. The fourth-order valence-electron chi connectivity index (χ4n) is 2.98. The second-order valence-corrected chi connectivity index (χ2v) is 4.97. The van der Waals surface area contributed by atoms with E-state index in [0.29, 0.717) is 0 Å². The van der Waals surface area contributed by atoms with Crippen LogP contribution in [0.3, 0.4) is 0 Å². The molecule has 1 aromatic carbocycles. The van der Waals surface area contributed by atoms with Gasteiger partial charge in [0.25, 0.3) is 0 Å². The largest absolute Gasteiger partial charge is 0.242 e. The van der Waals surface area contributed by atoms with Crippen LogP contribution in [0.15, 0.2) is 30.3 Å². The average molecular weight is 216 g/mol. The van der Waals surface area contributed by atoms with Gasteiger partial charge < -0.3 is 0 Å². The molecule has 0 radical (unpaired) electrons. The SMILES string of the molecule is c1ccc([C@H]2CCN(N3CCCC3)C2)cc1. The van der Waals surface area contributed by atoms with Gasteiger partial charge in [0.2, 0.25) is 0 Å². The predicted molar refractivity (Wildman–Crippen MR) is 66.2 cm³/mol. The van der Waals surface area contributed by atoms with Gasteiger partial charge in [-0.2, -0.15) is 0 Å². The van der Waals surface area contributed by atoms with E-state index in [1.807, 2.05) is 0 Å². The molecule has 2 nitrogen and oxygen atoms in total. The van der Waals surface area contributed by atoms with E-state index in [0.717, 1.165) is 5.92 Å². The van der Waals surface area contributed by atoms with Gasteiger partial charge in [-0.25, -0.2) is 10.0 Å². The Hall–Kier alpha value is -0.860. The average Bonchev–Trinajstić information content (AvgIpc) is 3.01. The molecule has 86 valence electrons. The summed E-state index contributed by atoms with van der Waals surface area (Å²) in [5, 5.41) is 5.13. The van der Waals surface area contributed by atoms with Gasteiger partial charge in [-0.15, -0.1) is 0 Å².